The van der Waals surface area contributed by atoms with Crippen LogP contribution in [0.3, 0.4) is 0 Å². The number of carbonyl (C=O) groups excluding carboxylic acids is 1. The summed E-state index contributed by atoms with van der Waals surface area (Å²) < 4.78 is 12.1. The number of hydrogen-bond acceptors (Lipinski definition) is 6. The second-order valence-electron chi connectivity index (χ2n) is 8.18. The number of methoxy groups -OCH3 is 2. The molecular formula is C24H29N3O4S. The van der Waals surface area contributed by atoms with E-state index in [1.54, 1.807) is 35.1 Å². The first kappa shape index (κ1) is 22.3. The molecular weight excluding hydrogens is 426 g/mol. The molecule has 2 aromatic heterocycles. The molecule has 0 radical (unpaired) electrons. The van der Waals surface area contributed by atoms with Gasteiger partial charge in [0.05, 0.1) is 37.5 Å². The molecule has 4 rings (SSSR count). The Balaban J connectivity index is 1.40. The van der Waals surface area contributed by atoms with Crippen molar-refractivity contribution >= 4 is 28.1 Å². The number of ether oxygens (including phenoxy) is 2. The van der Waals surface area contributed by atoms with Crippen LogP contribution in [0.5, 0.6) is 11.5 Å². The van der Waals surface area contributed by atoms with E-state index < -0.39 is 0 Å². The van der Waals surface area contributed by atoms with Gasteiger partial charge in [-0.25, -0.2) is 4.98 Å². The van der Waals surface area contributed by atoms with E-state index in [0.29, 0.717) is 47.7 Å². The molecule has 1 N–H and O–H groups in total. The maximum Gasteiger partial charge on any atom is 0.261 e. The Morgan fingerprint density at radius 2 is 2.00 bits per heavy atom. The fraction of sp³-hybridized carbons (Fsp3) is 0.458. The minimum absolute atomic E-state index is 0.0310. The highest BCUT2D eigenvalue weighted by Crippen LogP contribution is 2.37. The van der Waals surface area contributed by atoms with Gasteiger partial charge < -0.3 is 14.8 Å². The highest BCUT2D eigenvalue weighted by molar-refractivity contribution is 7.10. The first-order chi connectivity index (χ1) is 15.6. The second-order valence-corrected chi connectivity index (χ2v) is 9.16. The number of amides is 1. The number of nitrogens with one attached hydrogen (secondary N) is 1. The van der Waals surface area contributed by atoms with Gasteiger partial charge in [0.15, 0.2) is 11.5 Å². The van der Waals surface area contributed by atoms with Crippen molar-refractivity contribution in [2.45, 2.75) is 51.1 Å². The lowest BCUT2D eigenvalue weighted by molar-refractivity contribution is -0.122. The van der Waals surface area contributed by atoms with Crippen molar-refractivity contribution in [2.75, 3.05) is 14.2 Å². The van der Waals surface area contributed by atoms with Crippen molar-refractivity contribution in [3.8, 4) is 11.5 Å². The molecule has 1 saturated carbocycles. The van der Waals surface area contributed by atoms with Crippen LogP contribution < -0.4 is 20.3 Å². The van der Waals surface area contributed by atoms with E-state index in [4.69, 9.17) is 9.47 Å². The lowest BCUT2D eigenvalue weighted by Crippen LogP contribution is -2.32. The van der Waals surface area contributed by atoms with E-state index in [1.165, 1.54) is 31.2 Å². The topological polar surface area (TPSA) is 82.5 Å². The Labute approximate surface area is 191 Å². The zero-order valence-electron chi connectivity index (χ0n) is 18.5. The van der Waals surface area contributed by atoms with Gasteiger partial charge in [0.2, 0.25) is 5.91 Å². The van der Waals surface area contributed by atoms with E-state index in [2.05, 4.69) is 21.7 Å². The minimum Gasteiger partial charge on any atom is -0.493 e. The van der Waals surface area contributed by atoms with Crippen LogP contribution in [0.1, 0.15) is 49.4 Å². The Hall–Kier alpha value is -2.87. The average molecular weight is 456 g/mol. The third-order valence-electron chi connectivity index (χ3n) is 6.17. The standard InChI is InChI=1S/C24H29N3O4S/c1-30-19-13-17-18(14-20(19)31-2)25-15-27(24(17)29)11-5-10-22(28)26-23(16-7-3-4-8-16)21-9-6-12-32-21/h6,9,12-16,23H,3-5,7-8,10-11H2,1-2H3,(H,26,28). The number of hydrogen-bond donors (Lipinski definition) is 1. The molecule has 1 unspecified atom stereocenters. The molecule has 0 aliphatic heterocycles. The quantitative estimate of drug-likeness (QED) is 0.520. The number of rotatable bonds is 9. The van der Waals surface area contributed by atoms with Gasteiger partial charge in [-0.15, -0.1) is 11.3 Å². The predicted octanol–water partition coefficient (Wildman–Crippen LogP) is 4.30. The van der Waals surface area contributed by atoms with E-state index in [1.807, 2.05) is 6.07 Å². The van der Waals surface area contributed by atoms with E-state index in [0.717, 1.165) is 12.8 Å². The fourth-order valence-corrected chi connectivity index (χ4v) is 5.35. The molecule has 170 valence electrons. The van der Waals surface area contributed by atoms with Crippen molar-refractivity contribution < 1.29 is 14.3 Å². The van der Waals surface area contributed by atoms with Gasteiger partial charge in [-0.2, -0.15) is 0 Å². The first-order valence-corrected chi connectivity index (χ1v) is 11.9. The smallest absolute Gasteiger partial charge is 0.261 e. The highest BCUT2D eigenvalue weighted by atomic mass is 32.1. The normalized spacial score (nSPS) is 15.1. The van der Waals surface area contributed by atoms with Crippen LogP contribution in [0, 0.1) is 5.92 Å². The summed E-state index contributed by atoms with van der Waals surface area (Å²) in [6, 6.07) is 7.59. The molecule has 1 fully saturated rings. The molecule has 1 aliphatic carbocycles. The highest BCUT2D eigenvalue weighted by Gasteiger charge is 2.28. The molecule has 1 atom stereocenters. The molecule has 0 bridgehead atoms. The van der Waals surface area contributed by atoms with Crippen molar-refractivity contribution in [3.63, 3.8) is 0 Å². The van der Waals surface area contributed by atoms with Crippen LogP contribution >= 0.6 is 11.3 Å². The third kappa shape index (κ3) is 4.80. The Kier molecular flexibility index (Phi) is 7.09. The van der Waals surface area contributed by atoms with Crippen LogP contribution in [-0.4, -0.2) is 29.7 Å². The lowest BCUT2D eigenvalue weighted by atomic mass is 9.96. The summed E-state index contributed by atoms with van der Waals surface area (Å²) in [4.78, 5) is 31.2. The second kappa shape index (κ2) is 10.2. The Bertz CT molecular complexity index is 1120. The maximum absolute atomic E-state index is 12.9. The number of benzene rings is 1. The minimum atomic E-state index is -0.154. The number of fused-ring (bicyclic) bond motifs is 1. The molecule has 3 aromatic rings. The van der Waals surface area contributed by atoms with Gasteiger partial charge in [-0.1, -0.05) is 18.9 Å². The van der Waals surface area contributed by atoms with Crippen LogP contribution in [0.4, 0.5) is 0 Å². The molecule has 0 spiro atoms. The van der Waals surface area contributed by atoms with Crippen LogP contribution in [-0.2, 0) is 11.3 Å². The summed E-state index contributed by atoms with van der Waals surface area (Å²) in [5.41, 5.74) is 0.399. The van der Waals surface area contributed by atoms with Crippen LogP contribution in [0.25, 0.3) is 10.9 Å². The number of thiophene rings is 1. The van der Waals surface area contributed by atoms with Gasteiger partial charge in [0.25, 0.3) is 5.56 Å². The van der Waals surface area contributed by atoms with Gasteiger partial charge in [-0.05, 0) is 42.7 Å². The van der Waals surface area contributed by atoms with Crippen LogP contribution in [0.15, 0.2) is 40.8 Å². The van der Waals surface area contributed by atoms with Crippen molar-refractivity contribution in [1.82, 2.24) is 14.9 Å². The van der Waals surface area contributed by atoms with E-state index in [9.17, 15) is 9.59 Å². The van der Waals surface area contributed by atoms with Gasteiger partial charge in [-0.3, -0.25) is 14.2 Å². The molecule has 7 nitrogen and oxygen atoms in total. The van der Waals surface area contributed by atoms with Crippen molar-refractivity contribution in [3.05, 3.63) is 51.2 Å². The molecule has 8 heteroatoms. The SMILES string of the molecule is COc1cc2ncn(CCCC(=O)NC(c3cccs3)C3CCCC3)c(=O)c2cc1OC. The van der Waals surface area contributed by atoms with Crippen LogP contribution in [0.2, 0.25) is 0 Å². The number of nitrogens with zero attached hydrogens (tertiary/aromatic N) is 2. The van der Waals surface area contributed by atoms with Gasteiger partial charge in [0.1, 0.15) is 0 Å². The number of aryl methyl sites for hydroxylation is 1. The monoisotopic (exact) mass is 455 g/mol. The molecule has 1 aromatic carbocycles. The predicted molar refractivity (Wildman–Crippen MR) is 126 cm³/mol. The summed E-state index contributed by atoms with van der Waals surface area (Å²) in [5, 5.41) is 5.79. The lowest BCUT2D eigenvalue weighted by Gasteiger charge is -2.24. The molecule has 1 aliphatic rings. The molecule has 1 amide bonds. The van der Waals surface area contributed by atoms with Gasteiger partial charge in [0, 0.05) is 23.9 Å². The maximum atomic E-state index is 12.9. The largest absolute Gasteiger partial charge is 0.493 e. The Morgan fingerprint density at radius 3 is 2.69 bits per heavy atom. The molecule has 2 heterocycles. The third-order valence-corrected chi connectivity index (χ3v) is 7.13. The van der Waals surface area contributed by atoms with E-state index in [-0.39, 0.29) is 17.5 Å². The summed E-state index contributed by atoms with van der Waals surface area (Å²) in [6.07, 6.45) is 7.25. The zero-order valence-corrected chi connectivity index (χ0v) is 19.3. The molecule has 0 saturated heterocycles. The number of aromatic nitrogens is 2. The summed E-state index contributed by atoms with van der Waals surface area (Å²) in [6.45, 7) is 0.427. The van der Waals surface area contributed by atoms with Crippen molar-refractivity contribution in [1.29, 1.82) is 0 Å². The fourth-order valence-electron chi connectivity index (χ4n) is 4.48. The first-order valence-electron chi connectivity index (χ1n) is 11.0. The molecule has 32 heavy (non-hydrogen) atoms. The number of carbonyl (C=O) groups is 1. The van der Waals surface area contributed by atoms with Crippen molar-refractivity contribution in [2.24, 2.45) is 5.92 Å². The zero-order chi connectivity index (χ0) is 22.5. The Morgan fingerprint density at radius 1 is 1.25 bits per heavy atom. The summed E-state index contributed by atoms with van der Waals surface area (Å²) in [5.74, 6) is 1.56. The summed E-state index contributed by atoms with van der Waals surface area (Å²) in [7, 11) is 3.08. The van der Waals surface area contributed by atoms with Gasteiger partial charge >= 0.3 is 0 Å². The van der Waals surface area contributed by atoms with E-state index >= 15 is 0 Å². The summed E-state index contributed by atoms with van der Waals surface area (Å²) >= 11 is 1.70. The average Bonchev–Trinajstić information content (AvgIpc) is 3.53.